The molecule has 0 amide bonds. The van der Waals surface area contributed by atoms with Gasteiger partial charge in [0.05, 0.1) is 5.75 Å². The monoisotopic (exact) mass is 241 g/mol. The van der Waals surface area contributed by atoms with Crippen molar-refractivity contribution in [1.82, 2.24) is 4.72 Å². The second-order valence-electron chi connectivity index (χ2n) is 3.78. The van der Waals surface area contributed by atoms with Gasteiger partial charge in [-0.1, -0.05) is 20.3 Å². The molecule has 0 spiro atoms. The summed E-state index contributed by atoms with van der Waals surface area (Å²) >= 11 is 5.38. The molecule has 0 bridgehead atoms. The predicted molar refractivity (Wildman–Crippen MR) is 61.2 cm³/mol. The van der Waals surface area contributed by atoms with Crippen molar-refractivity contribution in [1.29, 1.82) is 0 Å². The van der Waals surface area contributed by atoms with Gasteiger partial charge in [0, 0.05) is 11.9 Å². The van der Waals surface area contributed by atoms with Gasteiger partial charge in [-0.15, -0.1) is 11.6 Å². The van der Waals surface area contributed by atoms with Crippen LogP contribution in [-0.4, -0.2) is 26.1 Å². The largest absolute Gasteiger partial charge is 0.213 e. The summed E-state index contributed by atoms with van der Waals surface area (Å²) in [5.41, 5.74) is 0. The number of hydrogen-bond acceptors (Lipinski definition) is 2. The molecule has 3 nitrogen and oxygen atoms in total. The zero-order chi connectivity index (χ0) is 11.2. The lowest BCUT2D eigenvalue weighted by Gasteiger charge is -2.17. The van der Waals surface area contributed by atoms with E-state index in [0.717, 1.165) is 12.8 Å². The van der Waals surface area contributed by atoms with Gasteiger partial charge in [-0.25, -0.2) is 13.1 Å². The molecule has 0 aliphatic carbocycles. The zero-order valence-corrected chi connectivity index (χ0v) is 10.7. The molecule has 0 aromatic carbocycles. The Morgan fingerprint density at radius 2 is 1.93 bits per heavy atom. The first-order valence-electron chi connectivity index (χ1n) is 4.97. The quantitative estimate of drug-likeness (QED) is 0.693. The summed E-state index contributed by atoms with van der Waals surface area (Å²) in [6.07, 6.45) is 1.94. The summed E-state index contributed by atoms with van der Waals surface area (Å²) in [5.74, 6) is 0.689. The fourth-order valence-corrected chi connectivity index (χ4v) is 2.93. The third-order valence-electron chi connectivity index (χ3n) is 2.18. The first-order valence-corrected chi connectivity index (χ1v) is 7.16. The SMILES string of the molecule is CCC(C)CC(C)NS(=O)(=O)CCCl. The van der Waals surface area contributed by atoms with E-state index in [0.29, 0.717) is 5.92 Å². The van der Waals surface area contributed by atoms with E-state index in [1.807, 2.05) is 6.92 Å². The van der Waals surface area contributed by atoms with E-state index in [1.54, 1.807) is 0 Å². The summed E-state index contributed by atoms with van der Waals surface area (Å²) in [5, 5.41) is 0. The van der Waals surface area contributed by atoms with Crippen LogP contribution in [0.4, 0.5) is 0 Å². The van der Waals surface area contributed by atoms with Crippen LogP contribution in [-0.2, 0) is 10.0 Å². The van der Waals surface area contributed by atoms with Crippen LogP contribution in [0.15, 0.2) is 0 Å². The van der Waals surface area contributed by atoms with Gasteiger partial charge in [-0.05, 0) is 19.3 Å². The molecule has 86 valence electrons. The van der Waals surface area contributed by atoms with Gasteiger partial charge in [0.15, 0.2) is 0 Å². The maximum Gasteiger partial charge on any atom is 0.213 e. The van der Waals surface area contributed by atoms with E-state index in [2.05, 4.69) is 18.6 Å². The zero-order valence-electron chi connectivity index (χ0n) is 9.09. The Balaban J connectivity index is 3.99. The van der Waals surface area contributed by atoms with Gasteiger partial charge < -0.3 is 0 Å². The van der Waals surface area contributed by atoms with Crippen molar-refractivity contribution in [2.24, 2.45) is 5.92 Å². The fourth-order valence-electron chi connectivity index (χ4n) is 1.29. The van der Waals surface area contributed by atoms with E-state index in [9.17, 15) is 8.42 Å². The van der Waals surface area contributed by atoms with Crippen molar-refractivity contribution in [3.63, 3.8) is 0 Å². The van der Waals surface area contributed by atoms with Crippen LogP contribution in [0.1, 0.15) is 33.6 Å². The van der Waals surface area contributed by atoms with E-state index in [1.165, 1.54) is 0 Å². The van der Waals surface area contributed by atoms with Crippen LogP contribution < -0.4 is 4.72 Å². The van der Waals surface area contributed by atoms with Gasteiger partial charge >= 0.3 is 0 Å². The number of hydrogen-bond donors (Lipinski definition) is 1. The summed E-state index contributed by atoms with van der Waals surface area (Å²) < 4.78 is 25.2. The third kappa shape index (κ3) is 6.62. The topological polar surface area (TPSA) is 46.2 Å². The molecule has 5 heteroatoms. The smallest absolute Gasteiger partial charge is 0.212 e. The van der Waals surface area contributed by atoms with Crippen LogP contribution in [0.5, 0.6) is 0 Å². The van der Waals surface area contributed by atoms with Gasteiger partial charge in [0.25, 0.3) is 0 Å². The highest BCUT2D eigenvalue weighted by molar-refractivity contribution is 7.89. The van der Waals surface area contributed by atoms with Crippen LogP contribution in [0.3, 0.4) is 0 Å². The minimum Gasteiger partial charge on any atom is -0.212 e. The summed E-state index contributed by atoms with van der Waals surface area (Å²) in [6, 6.07) is -0.00170. The van der Waals surface area contributed by atoms with Gasteiger partial charge in [-0.3, -0.25) is 0 Å². The molecule has 0 fully saturated rings. The lowest BCUT2D eigenvalue weighted by Crippen LogP contribution is -2.35. The highest BCUT2D eigenvalue weighted by Crippen LogP contribution is 2.10. The molecule has 0 aliphatic rings. The molecule has 2 atom stereocenters. The normalized spacial score (nSPS) is 16.6. The molecule has 0 saturated heterocycles. The van der Waals surface area contributed by atoms with E-state index >= 15 is 0 Å². The van der Waals surface area contributed by atoms with Crippen molar-refractivity contribution in [3.8, 4) is 0 Å². The second-order valence-corrected chi connectivity index (χ2v) is 6.03. The van der Waals surface area contributed by atoms with Crippen LogP contribution in [0.2, 0.25) is 0 Å². The summed E-state index contributed by atoms with van der Waals surface area (Å²) in [6.45, 7) is 6.11. The Kier molecular flexibility index (Phi) is 6.74. The number of halogens is 1. The molecule has 2 unspecified atom stereocenters. The van der Waals surface area contributed by atoms with Gasteiger partial charge in [-0.2, -0.15) is 0 Å². The number of sulfonamides is 1. The van der Waals surface area contributed by atoms with Crippen LogP contribution in [0, 0.1) is 5.92 Å². The Morgan fingerprint density at radius 3 is 2.36 bits per heavy atom. The molecule has 0 rings (SSSR count). The molecule has 0 heterocycles. The van der Waals surface area contributed by atoms with E-state index in [-0.39, 0.29) is 17.7 Å². The maximum atomic E-state index is 11.3. The first-order chi connectivity index (χ1) is 6.41. The van der Waals surface area contributed by atoms with Crippen molar-refractivity contribution in [3.05, 3.63) is 0 Å². The average molecular weight is 242 g/mol. The molecule has 0 radical (unpaired) electrons. The first kappa shape index (κ1) is 14.2. The van der Waals surface area contributed by atoms with E-state index < -0.39 is 10.0 Å². The van der Waals surface area contributed by atoms with Gasteiger partial charge in [0.1, 0.15) is 0 Å². The minimum atomic E-state index is -3.17. The summed E-state index contributed by atoms with van der Waals surface area (Å²) in [4.78, 5) is 0. The Morgan fingerprint density at radius 1 is 1.36 bits per heavy atom. The molecule has 0 aromatic rings. The molecule has 0 saturated carbocycles. The summed E-state index contributed by atoms with van der Waals surface area (Å²) in [7, 11) is -3.17. The van der Waals surface area contributed by atoms with Crippen LogP contribution >= 0.6 is 11.6 Å². The number of nitrogens with one attached hydrogen (secondary N) is 1. The average Bonchev–Trinajstić information content (AvgIpc) is 2.02. The molecular weight excluding hydrogens is 222 g/mol. The number of alkyl halides is 1. The molecule has 14 heavy (non-hydrogen) atoms. The standard InChI is InChI=1S/C9H20ClNO2S/c1-4-8(2)7-9(3)11-14(12,13)6-5-10/h8-9,11H,4-7H2,1-3H3. The van der Waals surface area contributed by atoms with Crippen molar-refractivity contribution >= 4 is 21.6 Å². The van der Waals surface area contributed by atoms with Gasteiger partial charge in [0.2, 0.25) is 10.0 Å². The van der Waals surface area contributed by atoms with Crippen molar-refractivity contribution in [2.75, 3.05) is 11.6 Å². The molecule has 0 aromatic heterocycles. The minimum absolute atomic E-state index is 0.000594. The highest BCUT2D eigenvalue weighted by atomic mass is 35.5. The third-order valence-corrected chi connectivity index (χ3v) is 4.10. The Labute approximate surface area is 92.3 Å². The lowest BCUT2D eigenvalue weighted by atomic mass is 10.0. The van der Waals surface area contributed by atoms with Crippen molar-refractivity contribution < 1.29 is 8.42 Å². The molecule has 0 aliphatic heterocycles. The van der Waals surface area contributed by atoms with Crippen LogP contribution in [0.25, 0.3) is 0 Å². The van der Waals surface area contributed by atoms with E-state index in [4.69, 9.17) is 11.6 Å². The Bertz CT molecular complexity index is 241. The Hall–Kier alpha value is 0.200. The highest BCUT2D eigenvalue weighted by Gasteiger charge is 2.15. The number of rotatable bonds is 7. The second kappa shape index (κ2) is 6.64. The fraction of sp³-hybridized carbons (Fsp3) is 1.00. The molecular formula is C9H20ClNO2S. The molecule has 1 N–H and O–H groups in total. The van der Waals surface area contributed by atoms with Crippen molar-refractivity contribution in [2.45, 2.75) is 39.7 Å². The lowest BCUT2D eigenvalue weighted by molar-refractivity contribution is 0.446. The predicted octanol–water partition coefficient (Wildman–Crippen LogP) is 1.97. The maximum absolute atomic E-state index is 11.3.